The summed E-state index contributed by atoms with van der Waals surface area (Å²) in [6.45, 7) is 4.69. The quantitative estimate of drug-likeness (QED) is 0.750. The van der Waals surface area contributed by atoms with Crippen molar-refractivity contribution in [1.82, 2.24) is 20.4 Å². The van der Waals surface area contributed by atoms with E-state index in [0.717, 1.165) is 31.7 Å². The van der Waals surface area contributed by atoms with Gasteiger partial charge in [-0.3, -0.25) is 24.6 Å². The van der Waals surface area contributed by atoms with E-state index in [2.05, 4.69) is 27.7 Å². The summed E-state index contributed by atoms with van der Waals surface area (Å²) in [6.07, 6.45) is 5.64. The molecule has 4 heterocycles. The number of hydrogen-bond acceptors (Lipinski definition) is 5. The second-order valence-electron chi connectivity index (χ2n) is 8.89. The summed E-state index contributed by atoms with van der Waals surface area (Å²) in [5, 5.41) is 5.84. The first-order valence-corrected chi connectivity index (χ1v) is 10.8. The largest absolute Gasteiger partial charge is 0.322 e. The standard InChI is InChI=1S/C22H28N4O3/c27-19-5-4-18(20(28)24-19)26-14-16-12-15(2-3-17(16)21(26)29)13-25-11-1-6-22(25)7-9-23-10-8-22/h2-3,12,18,23H,1,4-11,13-14H2,(H,24,27,28). The average Bonchev–Trinajstić information content (AvgIpc) is 3.23. The number of hydrogen-bond donors (Lipinski definition) is 2. The number of piperidine rings is 2. The molecular weight excluding hydrogens is 368 g/mol. The number of rotatable bonds is 3. The molecule has 29 heavy (non-hydrogen) atoms. The molecule has 3 saturated heterocycles. The van der Waals surface area contributed by atoms with Crippen LogP contribution in [0, 0.1) is 0 Å². The van der Waals surface area contributed by atoms with Gasteiger partial charge in [-0.2, -0.15) is 0 Å². The van der Waals surface area contributed by atoms with Gasteiger partial charge in [0.2, 0.25) is 11.8 Å². The van der Waals surface area contributed by atoms with Gasteiger partial charge in [0.15, 0.2) is 0 Å². The summed E-state index contributed by atoms with van der Waals surface area (Å²) in [5.41, 5.74) is 3.26. The summed E-state index contributed by atoms with van der Waals surface area (Å²) >= 11 is 0. The van der Waals surface area contributed by atoms with Crippen LogP contribution in [-0.4, -0.2) is 58.7 Å². The smallest absolute Gasteiger partial charge is 0.255 e. The molecule has 0 aromatic heterocycles. The van der Waals surface area contributed by atoms with Gasteiger partial charge in [0.05, 0.1) is 0 Å². The molecule has 0 aliphatic carbocycles. The number of fused-ring (bicyclic) bond motifs is 1. The second kappa shape index (κ2) is 7.22. The molecule has 0 bridgehead atoms. The Kier molecular flexibility index (Phi) is 4.67. The van der Waals surface area contributed by atoms with Crippen LogP contribution >= 0.6 is 0 Å². The van der Waals surface area contributed by atoms with Crippen LogP contribution in [0.4, 0.5) is 0 Å². The molecule has 1 unspecified atom stereocenters. The molecule has 0 radical (unpaired) electrons. The van der Waals surface area contributed by atoms with Crippen LogP contribution in [0.25, 0.3) is 0 Å². The number of benzene rings is 1. The fourth-order valence-corrected chi connectivity index (χ4v) is 5.65. The van der Waals surface area contributed by atoms with Crippen molar-refractivity contribution in [1.29, 1.82) is 0 Å². The minimum atomic E-state index is -0.548. The predicted molar refractivity (Wildman–Crippen MR) is 107 cm³/mol. The van der Waals surface area contributed by atoms with Gasteiger partial charge in [-0.1, -0.05) is 12.1 Å². The Bertz CT molecular complexity index is 862. The van der Waals surface area contributed by atoms with E-state index in [9.17, 15) is 14.4 Å². The third-order valence-electron chi connectivity index (χ3n) is 7.24. The van der Waals surface area contributed by atoms with E-state index in [1.807, 2.05) is 6.07 Å². The summed E-state index contributed by atoms with van der Waals surface area (Å²) in [7, 11) is 0. The topological polar surface area (TPSA) is 81.8 Å². The lowest BCUT2D eigenvalue weighted by Gasteiger charge is -2.42. The molecule has 0 saturated carbocycles. The molecule has 3 amide bonds. The van der Waals surface area contributed by atoms with Crippen LogP contribution < -0.4 is 10.6 Å². The first kappa shape index (κ1) is 18.8. The minimum absolute atomic E-state index is 0.1000. The van der Waals surface area contributed by atoms with Crippen molar-refractivity contribution in [3.05, 3.63) is 34.9 Å². The Morgan fingerprint density at radius 3 is 2.72 bits per heavy atom. The molecule has 1 aromatic carbocycles. The summed E-state index contributed by atoms with van der Waals surface area (Å²) in [6, 6.07) is 5.58. The summed E-state index contributed by atoms with van der Waals surface area (Å²) in [5.74, 6) is -0.709. The summed E-state index contributed by atoms with van der Waals surface area (Å²) < 4.78 is 0. The van der Waals surface area contributed by atoms with Crippen LogP contribution in [0.15, 0.2) is 18.2 Å². The third kappa shape index (κ3) is 3.26. The van der Waals surface area contributed by atoms with Crippen LogP contribution in [-0.2, 0) is 22.7 Å². The Morgan fingerprint density at radius 1 is 1.10 bits per heavy atom. The molecule has 3 fully saturated rings. The van der Waals surface area contributed by atoms with E-state index < -0.39 is 6.04 Å². The molecule has 5 rings (SSSR count). The number of nitrogens with zero attached hydrogens (tertiary/aromatic N) is 2. The zero-order valence-electron chi connectivity index (χ0n) is 16.7. The number of carbonyl (C=O) groups is 3. The SMILES string of the molecule is O=C1CCC(N2Cc3cc(CN4CCCC45CCNCC5)ccc3C2=O)C(=O)N1. The first-order valence-electron chi connectivity index (χ1n) is 10.8. The Balaban J connectivity index is 1.32. The highest BCUT2D eigenvalue weighted by Crippen LogP contribution is 2.38. The number of carbonyl (C=O) groups excluding carboxylic acids is 3. The van der Waals surface area contributed by atoms with Gasteiger partial charge in [-0.05, 0) is 68.9 Å². The number of likely N-dealkylation sites (tertiary alicyclic amines) is 1. The fraction of sp³-hybridized carbons (Fsp3) is 0.591. The Morgan fingerprint density at radius 2 is 1.93 bits per heavy atom. The molecule has 7 heteroatoms. The minimum Gasteiger partial charge on any atom is -0.322 e. The van der Waals surface area contributed by atoms with Crippen molar-refractivity contribution in [2.24, 2.45) is 0 Å². The molecule has 1 spiro atoms. The molecule has 154 valence electrons. The number of amides is 3. The van der Waals surface area contributed by atoms with Crippen molar-refractivity contribution in [3.8, 4) is 0 Å². The lowest BCUT2D eigenvalue weighted by atomic mass is 9.85. The van der Waals surface area contributed by atoms with Crippen molar-refractivity contribution in [3.63, 3.8) is 0 Å². The van der Waals surface area contributed by atoms with Crippen LogP contribution in [0.1, 0.15) is 60.0 Å². The van der Waals surface area contributed by atoms with Crippen molar-refractivity contribution in [2.45, 2.75) is 63.2 Å². The van der Waals surface area contributed by atoms with Gasteiger partial charge in [-0.25, -0.2) is 0 Å². The first-order chi connectivity index (χ1) is 14.1. The lowest BCUT2D eigenvalue weighted by Crippen LogP contribution is -2.52. The molecule has 4 aliphatic rings. The van der Waals surface area contributed by atoms with Crippen LogP contribution in [0.2, 0.25) is 0 Å². The zero-order chi connectivity index (χ0) is 20.0. The van der Waals surface area contributed by atoms with Gasteiger partial charge in [-0.15, -0.1) is 0 Å². The summed E-state index contributed by atoms with van der Waals surface area (Å²) in [4.78, 5) is 40.8. The highest BCUT2D eigenvalue weighted by Gasteiger charge is 2.42. The van der Waals surface area contributed by atoms with Gasteiger partial charge in [0.1, 0.15) is 6.04 Å². The highest BCUT2D eigenvalue weighted by molar-refractivity contribution is 6.05. The fourth-order valence-electron chi connectivity index (χ4n) is 5.65. The molecule has 7 nitrogen and oxygen atoms in total. The number of nitrogens with one attached hydrogen (secondary N) is 2. The predicted octanol–water partition coefficient (Wildman–Crippen LogP) is 1.17. The average molecular weight is 396 g/mol. The highest BCUT2D eigenvalue weighted by atomic mass is 16.2. The van der Waals surface area contributed by atoms with E-state index in [4.69, 9.17) is 0 Å². The molecular formula is C22H28N4O3. The van der Waals surface area contributed by atoms with Crippen molar-refractivity contribution >= 4 is 17.7 Å². The van der Waals surface area contributed by atoms with Crippen molar-refractivity contribution in [2.75, 3.05) is 19.6 Å². The monoisotopic (exact) mass is 396 g/mol. The zero-order valence-corrected chi connectivity index (χ0v) is 16.7. The van der Waals surface area contributed by atoms with E-state index >= 15 is 0 Å². The molecule has 2 N–H and O–H groups in total. The van der Waals surface area contributed by atoms with Crippen molar-refractivity contribution < 1.29 is 14.4 Å². The normalized spacial score (nSPS) is 26.8. The maximum Gasteiger partial charge on any atom is 0.255 e. The molecule has 1 atom stereocenters. The van der Waals surface area contributed by atoms with E-state index in [-0.39, 0.29) is 24.1 Å². The molecule has 4 aliphatic heterocycles. The Hall–Kier alpha value is -2.25. The maximum absolute atomic E-state index is 12.9. The number of imide groups is 1. The van der Waals surface area contributed by atoms with E-state index in [0.29, 0.717) is 24.1 Å². The van der Waals surface area contributed by atoms with Gasteiger partial charge in [0.25, 0.3) is 5.91 Å². The van der Waals surface area contributed by atoms with Gasteiger partial charge in [0, 0.05) is 30.6 Å². The maximum atomic E-state index is 12.9. The third-order valence-corrected chi connectivity index (χ3v) is 7.24. The van der Waals surface area contributed by atoms with Crippen LogP contribution in [0.3, 0.4) is 0 Å². The Labute approximate surface area is 170 Å². The molecule has 1 aromatic rings. The van der Waals surface area contributed by atoms with E-state index in [1.54, 1.807) is 4.90 Å². The van der Waals surface area contributed by atoms with E-state index in [1.165, 1.54) is 31.2 Å². The van der Waals surface area contributed by atoms with Crippen LogP contribution in [0.5, 0.6) is 0 Å². The second-order valence-corrected chi connectivity index (χ2v) is 8.89. The van der Waals surface area contributed by atoms with Gasteiger partial charge >= 0.3 is 0 Å². The van der Waals surface area contributed by atoms with Gasteiger partial charge < -0.3 is 10.2 Å². The lowest BCUT2D eigenvalue weighted by molar-refractivity contribution is -0.136.